The monoisotopic (exact) mass is 276 g/mol. The molecule has 1 aromatic carbocycles. The quantitative estimate of drug-likeness (QED) is 0.912. The number of benzene rings is 1. The Morgan fingerprint density at radius 2 is 2.00 bits per heavy atom. The maximum atomic E-state index is 6.23. The van der Waals surface area contributed by atoms with Crippen LogP contribution in [0.1, 0.15) is 25.3 Å². The van der Waals surface area contributed by atoms with Gasteiger partial charge in [-0.15, -0.1) is 0 Å². The summed E-state index contributed by atoms with van der Waals surface area (Å²) in [6.07, 6.45) is 2.32. The van der Waals surface area contributed by atoms with Gasteiger partial charge in [0.1, 0.15) is 5.75 Å². The molecule has 0 radical (unpaired) electrons. The highest BCUT2D eigenvalue weighted by atomic mass is 16.5. The molecule has 2 aliphatic rings. The topological polar surface area (TPSA) is 47.7 Å². The molecule has 1 saturated carbocycles. The Balaban J connectivity index is 1.95. The normalized spacial score (nSPS) is 22.4. The molecule has 1 unspecified atom stereocenters. The van der Waals surface area contributed by atoms with Crippen molar-refractivity contribution in [3.63, 3.8) is 0 Å². The lowest BCUT2D eigenvalue weighted by Gasteiger charge is -2.31. The molecular formula is C16H24N2O2. The standard InChI is InChI=1S/C16H24N2O2/c1-12(17)16(5-6-16)14-11-13(3-4-15(14)19-2)18-7-9-20-10-8-18/h3-4,11-12H,5-10,17H2,1-2H3. The second kappa shape index (κ2) is 5.26. The fourth-order valence-corrected chi connectivity index (χ4v) is 3.21. The molecule has 4 nitrogen and oxygen atoms in total. The van der Waals surface area contributed by atoms with Gasteiger partial charge in [0.2, 0.25) is 0 Å². The number of methoxy groups -OCH3 is 1. The summed E-state index contributed by atoms with van der Waals surface area (Å²) in [5.41, 5.74) is 8.88. The fraction of sp³-hybridized carbons (Fsp3) is 0.625. The second-order valence-corrected chi connectivity index (χ2v) is 5.93. The van der Waals surface area contributed by atoms with Crippen LogP contribution in [0.2, 0.25) is 0 Å². The molecule has 0 aromatic heterocycles. The summed E-state index contributed by atoms with van der Waals surface area (Å²) in [5.74, 6) is 0.969. The lowest BCUT2D eigenvalue weighted by atomic mass is 9.88. The van der Waals surface area contributed by atoms with Crippen molar-refractivity contribution in [1.82, 2.24) is 0 Å². The van der Waals surface area contributed by atoms with Crippen LogP contribution < -0.4 is 15.4 Å². The Morgan fingerprint density at radius 3 is 2.55 bits per heavy atom. The molecule has 3 rings (SSSR count). The van der Waals surface area contributed by atoms with E-state index in [-0.39, 0.29) is 11.5 Å². The maximum Gasteiger partial charge on any atom is 0.122 e. The predicted molar refractivity (Wildman–Crippen MR) is 80.6 cm³/mol. The van der Waals surface area contributed by atoms with Crippen molar-refractivity contribution >= 4 is 5.69 Å². The van der Waals surface area contributed by atoms with Crippen LogP contribution in [0, 0.1) is 0 Å². The van der Waals surface area contributed by atoms with Crippen molar-refractivity contribution in [3.8, 4) is 5.75 Å². The molecule has 0 bridgehead atoms. The van der Waals surface area contributed by atoms with Gasteiger partial charge in [-0.2, -0.15) is 0 Å². The first-order valence-corrected chi connectivity index (χ1v) is 7.44. The molecule has 1 atom stereocenters. The molecule has 2 fully saturated rings. The van der Waals surface area contributed by atoms with Gasteiger partial charge in [-0.3, -0.25) is 0 Å². The highest BCUT2D eigenvalue weighted by molar-refractivity contribution is 5.57. The number of nitrogens with zero attached hydrogens (tertiary/aromatic N) is 1. The Bertz CT molecular complexity index is 477. The van der Waals surface area contributed by atoms with Gasteiger partial charge >= 0.3 is 0 Å². The van der Waals surface area contributed by atoms with Gasteiger partial charge in [-0.1, -0.05) is 0 Å². The van der Waals surface area contributed by atoms with Gasteiger partial charge in [-0.05, 0) is 38.0 Å². The minimum atomic E-state index is 0.119. The predicted octanol–water partition coefficient (Wildman–Crippen LogP) is 1.91. The van der Waals surface area contributed by atoms with Crippen LogP contribution in [0.25, 0.3) is 0 Å². The summed E-state index contributed by atoms with van der Waals surface area (Å²) < 4.78 is 11.0. The third-order valence-corrected chi connectivity index (χ3v) is 4.76. The number of hydrogen-bond donors (Lipinski definition) is 1. The van der Waals surface area contributed by atoms with Crippen molar-refractivity contribution in [2.75, 3.05) is 38.3 Å². The van der Waals surface area contributed by atoms with E-state index in [2.05, 4.69) is 30.0 Å². The number of anilines is 1. The lowest BCUT2D eigenvalue weighted by molar-refractivity contribution is 0.122. The van der Waals surface area contributed by atoms with Crippen LogP contribution in [0.3, 0.4) is 0 Å². The van der Waals surface area contributed by atoms with Gasteiger partial charge in [0.05, 0.1) is 20.3 Å². The molecule has 1 aliphatic heterocycles. The van der Waals surface area contributed by atoms with E-state index >= 15 is 0 Å². The number of hydrogen-bond acceptors (Lipinski definition) is 4. The molecule has 2 N–H and O–H groups in total. The zero-order chi connectivity index (χ0) is 14.2. The van der Waals surface area contributed by atoms with E-state index in [0.717, 1.165) is 44.9 Å². The highest BCUT2D eigenvalue weighted by Crippen LogP contribution is 2.53. The highest BCUT2D eigenvalue weighted by Gasteiger charge is 2.49. The SMILES string of the molecule is COc1ccc(N2CCOCC2)cc1C1(C(C)N)CC1. The minimum Gasteiger partial charge on any atom is -0.496 e. The Labute approximate surface area is 120 Å². The van der Waals surface area contributed by atoms with E-state index in [9.17, 15) is 0 Å². The largest absolute Gasteiger partial charge is 0.496 e. The maximum absolute atomic E-state index is 6.23. The Morgan fingerprint density at radius 1 is 1.30 bits per heavy atom. The van der Waals surface area contributed by atoms with Crippen LogP contribution >= 0.6 is 0 Å². The van der Waals surface area contributed by atoms with Crippen molar-refractivity contribution in [2.45, 2.75) is 31.2 Å². The van der Waals surface area contributed by atoms with Crippen LogP contribution in [-0.2, 0) is 10.2 Å². The fourth-order valence-electron chi connectivity index (χ4n) is 3.21. The first-order valence-electron chi connectivity index (χ1n) is 7.44. The van der Waals surface area contributed by atoms with E-state index in [1.807, 2.05) is 0 Å². The first kappa shape index (κ1) is 13.7. The van der Waals surface area contributed by atoms with Crippen LogP contribution in [-0.4, -0.2) is 39.5 Å². The molecule has 20 heavy (non-hydrogen) atoms. The van der Waals surface area contributed by atoms with Crippen molar-refractivity contribution < 1.29 is 9.47 Å². The molecule has 1 heterocycles. The van der Waals surface area contributed by atoms with Crippen LogP contribution in [0.15, 0.2) is 18.2 Å². The molecule has 1 aromatic rings. The molecule has 1 aliphatic carbocycles. The third kappa shape index (κ3) is 2.27. The molecule has 0 amide bonds. The van der Waals surface area contributed by atoms with Crippen LogP contribution in [0.5, 0.6) is 5.75 Å². The summed E-state index contributed by atoms with van der Waals surface area (Å²) in [6, 6.07) is 6.67. The van der Waals surface area contributed by atoms with Gasteiger partial charge in [0.15, 0.2) is 0 Å². The average Bonchev–Trinajstić information content (AvgIpc) is 3.29. The zero-order valence-electron chi connectivity index (χ0n) is 12.4. The van der Waals surface area contributed by atoms with E-state index in [0.29, 0.717) is 0 Å². The number of rotatable bonds is 4. The third-order valence-electron chi connectivity index (χ3n) is 4.76. The van der Waals surface area contributed by atoms with Crippen molar-refractivity contribution in [2.24, 2.45) is 5.73 Å². The Kier molecular flexibility index (Phi) is 3.61. The molecule has 1 saturated heterocycles. The average molecular weight is 276 g/mol. The van der Waals surface area contributed by atoms with E-state index in [1.165, 1.54) is 11.3 Å². The minimum absolute atomic E-state index is 0.119. The van der Waals surface area contributed by atoms with Crippen molar-refractivity contribution in [1.29, 1.82) is 0 Å². The van der Waals surface area contributed by atoms with Gasteiger partial charge in [0.25, 0.3) is 0 Å². The number of ether oxygens (including phenoxy) is 2. The second-order valence-electron chi connectivity index (χ2n) is 5.93. The zero-order valence-corrected chi connectivity index (χ0v) is 12.4. The number of nitrogens with two attached hydrogens (primary N) is 1. The summed E-state index contributed by atoms with van der Waals surface area (Å²) >= 11 is 0. The summed E-state index contributed by atoms with van der Waals surface area (Å²) in [6.45, 7) is 5.63. The summed E-state index contributed by atoms with van der Waals surface area (Å²) in [7, 11) is 1.74. The lowest BCUT2D eigenvalue weighted by Crippen LogP contribution is -2.37. The van der Waals surface area contributed by atoms with Gasteiger partial charge in [0, 0.05) is 35.8 Å². The van der Waals surface area contributed by atoms with Gasteiger partial charge < -0.3 is 20.1 Å². The first-order chi connectivity index (χ1) is 9.67. The molecule has 110 valence electrons. The van der Waals surface area contributed by atoms with Gasteiger partial charge in [-0.25, -0.2) is 0 Å². The van der Waals surface area contributed by atoms with E-state index in [1.54, 1.807) is 7.11 Å². The molecule has 4 heteroatoms. The number of morpholine rings is 1. The summed E-state index contributed by atoms with van der Waals surface area (Å²) in [5, 5.41) is 0. The van der Waals surface area contributed by atoms with E-state index < -0.39 is 0 Å². The molecular weight excluding hydrogens is 252 g/mol. The smallest absolute Gasteiger partial charge is 0.122 e. The van der Waals surface area contributed by atoms with Crippen molar-refractivity contribution in [3.05, 3.63) is 23.8 Å². The van der Waals surface area contributed by atoms with E-state index in [4.69, 9.17) is 15.2 Å². The summed E-state index contributed by atoms with van der Waals surface area (Å²) in [4.78, 5) is 2.38. The Hall–Kier alpha value is -1.26. The van der Waals surface area contributed by atoms with Crippen LogP contribution in [0.4, 0.5) is 5.69 Å². The molecule has 0 spiro atoms.